The summed E-state index contributed by atoms with van der Waals surface area (Å²) in [6.07, 6.45) is 3.53. The van der Waals surface area contributed by atoms with E-state index in [4.69, 9.17) is 4.74 Å². The molecular weight excluding hydrogens is 480 g/mol. The lowest BCUT2D eigenvalue weighted by atomic mass is 9.49. The SMILES string of the molecule is O=c1c2c([nH]c3cc(-c4ccccc4)nn13)[C@@H]1Oc3c(O)ccc4c3[C@@]13CCN(CC1CC1)[C@H](C4)[C@]3(O)C2. The quantitative estimate of drug-likeness (QED) is 0.393. The Labute approximate surface area is 218 Å². The molecular formula is C30H28N4O4. The van der Waals surface area contributed by atoms with Crippen LogP contribution in [0.25, 0.3) is 16.9 Å². The molecule has 0 amide bonds. The fraction of sp³-hybridized carbons (Fsp3) is 0.400. The molecule has 3 aliphatic carbocycles. The van der Waals surface area contributed by atoms with Crippen molar-refractivity contribution in [3.63, 3.8) is 0 Å². The van der Waals surface area contributed by atoms with Crippen molar-refractivity contribution in [2.45, 2.75) is 55.3 Å². The largest absolute Gasteiger partial charge is 0.504 e. The van der Waals surface area contributed by atoms with Gasteiger partial charge in [0.15, 0.2) is 17.6 Å². The first-order chi connectivity index (χ1) is 18.5. The molecule has 0 unspecified atom stereocenters. The molecule has 1 spiro atoms. The number of nitrogens with one attached hydrogen (secondary N) is 1. The number of phenols is 1. The Morgan fingerprint density at radius 1 is 1.16 bits per heavy atom. The molecule has 2 bridgehead atoms. The van der Waals surface area contributed by atoms with Gasteiger partial charge in [0.1, 0.15) is 5.65 Å². The number of nitrogens with zero attached hydrogens (tertiary/aromatic N) is 3. The first-order valence-electron chi connectivity index (χ1n) is 13.7. The first-order valence-corrected chi connectivity index (χ1v) is 13.7. The molecule has 4 aromatic rings. The van der Waals surface area contributed by atoms with Crippen LogP contribution in [0.4, 0.5) is 0 Å². The Bertz CT molecular complexity index is 1720. The zero-order chi connectivity index (χ0) is 25.4. The van der Waals surface area contributed by atoms with Gasteiger partial charge in [0.2, 0.25) is 0 Å². The average Bonchev–Trinajstić information content (AvgIpc) is 3.51. The summed E-state index contributed by atoms with van der Waals surface area (Å²) in [5.74, 6) is 1.25. The third-order valence-corrected chi connectivity index (χ3v) is 10.0. The molecule has 8 heteroatoms. The summed E-state index contributed by atoms with van der Waals surface area (Å²) in [7, 11) is 0. The molecule has 2 aliphatic heterocycles. The average molecular weight is 509 g/mol. The van der Waals surface area contributed by atoms with Gasteiger partial charge >= 0.3 is 0 Å². The lowest BCUT2D eigenvalue weighted by molar-refractivity contribution is -0.173. The van der Waals surface area contributed by atoms with Crippen LogP contribution >= 0.6 is 0 Å². The predicted molar refractivity (Wildman–Crippen MR) is 139 cm³/mol. The number of aromatic hydroxyl groups is 1. The molecule has 9 rings (SSSR count). The molecule has 4 heterocycles. The van der Waals surface area contributed by atoms with E-state index in [1.807, 2.05) is 42.5 Å². The van der Waals surface area contributed by atoms with Crippen molar-refractivity contribution in [2.75, 3.05) is 13.1 Å². The van der Waals surface area contributed by atoms with Gasteiger partial charge in [-0.2, -0.15) is 9.61 Å². The number of phenolic OH excluding ortho intramolecular Hbond substituents is 1. The first kappa shape index (κ1) is 21.3. The third-order valence-electron chi connectivity index (χ3n) is 10.0. The van der Waals surface area contributed by atoms with Crippen molar-refractivity contribution in [1.29, 1.82) is 0 Å². The molecule has 3 N–H and O–H groups in total. The summed E-state index contributed by atoms with van der Waals surface area (Å²) in [5.41, 5.74) is 3.39. The molecule has 2 fully saturated rings. The molecule has 192 valence electrons. The molecule has 1 saturated heterocycles. The van der Waals surface area contributed by atoms with Crippen LogP contribution in [0.5, 0.6) is 11.5 Å². The van der Waals surface area contributed by atoms with Gasteiger partial charge in [-0.15, -0.1) is 0 Å². The minimum atomic E-state index is -1.19. The summed E-state index contributed by atoms with van der Waals surface area (Å²) in [6.45, 7) is 1.85. The van der Waals surface area contributed by atoms with E-state index in [1.54, 1.807) is 6.07 Å². The molecule has 4 atom stereocenters. The van der Waals surface area contributed by atoms with Gasteiger partial charge < -0.3 is 19.9 Å². The number of aliphatic hydroxyl groups is 1. The highest BCUT2D eigenvalue weighted by Crippen LogP contribution is 2.68. The number of fused-ring (bicyclic) bond motifs is 3. The van der Waals surface area contributed by atoms with Gasteiger partial charge in [-0.3, -0.25) is 9.69 Å². The molecule has 0 radical (unpaired) electrons. The molecule has 5 aliphatic rings. The van der Waals surface area contributed by atoms with Gasteiger partial charge in [0, 0.05) is 41.8 Å². The fourth-order valence-corrected chi connectivity index (χ4v) is 8.16. The van der Waals surface area contributed by atoms with E-state index in [0.29, 0.717) is 47.1 Å². The number of H-pyrrole nitrogens is 1. The van der Waals surface area contributed by atoms with E-state index in [-0.39, 0.29) is 23.8 Å². The van der Waals surface area contributed by atoms with Crippen LogP contribution in [0.2, 0.25) is 0 Å². The number of likely N-dealkylation sites (tertiary alicyclic amines) is 1. The minimum absolute atomic E-state index is 0.0921. The fourth-order valence-electron chi connectivity index (χ4n) is 8.16. The summed E-state index contributed by atoms with van der Waals surface area (Å²) in [5, 5.41) is 28.4. The Morgan fingerprint density at radius 2 is 2.00 bits per heavy atom. The highest BCUT2D eigenvalue weighted by atomic mass is 16.5. The van der Waals surface area contributed by atoms with Crippen molar-refractivity contribution in [3.8, 4) is 22.8 Å². The topological polar surface area (TPSA) is 103 Å². The van der Waals surface area contributed by atoms with Gasteiger partial charge in [0.05, 0.1) is 22.4 Å². The zero-order valence-electron chi connectivity index (χ0n) is 20.9. The maximum atomic E-state index is 14.0. The van der Waals surface area contributed by atoms with Crippen molar-refractivity contribution in [2.24, 2.45) is 5.92 Å². The molecule has 1 saturated carbocycles. The number of ether oxygens (including phenoxy) is 1. The van der Waals surface area contributed by atoms with Gasteiger partial charge in [-0.1, -0.05) is 36.4 Å². The normalized spacial score (nSPS) is 30.7. The van der Waals surface area contributed by atoms with Gasteiger partial charge in [0.25, 0.3) is 5.56 Å². The molecule has 38 heavy (non-hydrogen) atoms. The van der Waals surface area contributed by atoms with Crippen molar-refractivity contribution >= 4 is 5.65 Å². The van der Waals surface area contributed by atoms with Crippen LogP contribution in [0.1, 0.15) is 47.8 Å². The number of piperidine rings is 1. The van der Waals surface area contributed by atoms with Crippen molar-refractivity contribution in [3.05, 3.63) is 81.3 Å². The maximum absolute atomic E-state index is 14.0. The Kier molecular flexibility index (Phi) is 3.86. The van der Waals surface area contributed by atoms with Gasteiger partial charge in [-0.25, -0.2) is 0 Å². The van der Waals surface area contributed by atoms with Gasteiger partial charge in [-0.05, 0) is 49.8 Å². The number of aromatic amines is 1. The minimum Gasteiger partial charge on any atom is -0.504 e. The highest BCUT2D eigenvalue weighted by molar-refractivity contribution is 5.67. The monoisotopic (exact) mass is 508 g/mol. The Balaban J connectivity index is 1.29. The highest BCUT2D eigenvalue weighted by Gasteiger charge is 2.73. The Morgan fingerprint density at radius 3 is 2.82 bits per heavy atom. The van der Waals surface area contributed by atoms with Crippen LogP contribution in [0.15, 0.2) is 53.3 Å². The molecule has 8 nitrogen and oxygen atoms in total. The summed E-state index contributed by atoms with van der Waals surface area (Å²) < 4.78 is 8.02. The lowest BCUT2D eigenvalue weighted by Gasteiger charge is -2.62. The van der Waals surface area contributed by atoms with E-state index < -0.39 is 17.1 Å². The van der Waals surface area contributed by atoms with E-state index in [1.165, 1.54) is 17.4 Å². The van der Waals surface area contributed by atoms with E-state index in [0.717, 1.165) is 29.8 Å². The number of benzene rings is 2. The van der Waals surface area contributed by atoms with E-state index >= 15 is 0 Å². The van der Waals surface area contributed by atoms with E-state index in [2.05, 4.69) is 15.0 Å². The molecule has 2 aromatic carbocycles. The van der Waals surface area contributed by atoms with Crippen LogP contribution in [-0.4, -0.2) is 54.4 Å². The maximum Gasteiger partial charge on any atom is 0.278 e. The number of hydrogen-bond acceptors (Lipinski definition) is 6. The third kappa shape index (κ3) is 2.44. The summed E-state index contributed by atoms with van der Waals surface area (Å²) in [4.78, 5) is 20.0. The summed E-state index contributed by atoms with van der Waals surface area (Å²) >= 11 is 0. The second-order valence-corrected chi connectivity index (χ2v) is 11.9. The zero-order valence-corrected chi connectivity index (χ0v) is 20.9. The van der Waals surface area contributed by atoms with Crippen molar-refractivity contribution < 1.29 is 14.9 Å². The number of hydrogen-bond donors (Lipinski definition) is 3. The lowest BCUT2D eigenvalue weighted by Crippen LogP contribution is -2.75. The Hall–Kier alpha value is -3.62. The van der Waals surface area contributed by atoms with E-state index in [9.17, 15) is 15.0 Å². The second-order valence-electron chi connectivity index (χ2n) is 11.9. The van der Waals surface area contributed by atoms with Crippen LogP contribution in [0.3, 0.4) is 0 Å². The smallest absolute Gasteiger partial charge is 0.278 e. The number of aromatic nitrogens is 3. The molecule has 2 aromatic heterocycles. The predicted octanol–water partition coefficient (Wildman–Crippen LogP) is 3.09. The number of rotatable bonds is 3. The van der Waals surface area contributed by atoms with Crippen LogP contribution in [0, 0.1) is 5.92 Å². The van der Waals surface area contributed by atoms with Crippen LogP contribution < -0.4 is 10.3 Å². The van der Waals surface area contributed by atoms with Crippen LogP contribution in [-0.2, 0) is 18.3 Å². The standard InChI is InChI=1S/C30H28N4O4/c35-21-9-8-18-12-22-30(37)14-19-25(31-23-13-20(32-34(23)28(19)36)17-4-2-1-3-5-17)27-29(30,24(18)26(21)38-27)10-11-33(22)15-16-6-7-16/h1-5,8-9,13,16,22,27,31,35,37H,6-7,10-12,14-15H2/t22-,27+,29+,30-/m1/s1. The summed E-state index contributed by atoms with van der Waals surface area (Å²) in [6, 6.07) is 15.3. The van der Waals surface area contributed by atoms with Crippen molar-refractivity contribution in [1.82, 2.24) is 19.5 Å². The second kappa shape index (κ2) is 6.87.